The first-order valence-corrected chi connectivity index (χ1v) is 8.13. The molecule has 0 saturated carbocycles. The molecule has 0 amide bonds. The van der Waals surface area contributed by atoms with E-state index in [1.165, 1.54) is 38.9 Å². The van der Waals surface area contributed by atoms with Gasteiger partial charge in [-0.3, -0.25) is 4.68 Å². The number of aromatic nitrogens is 2. The van der Waals surface area contributed by atoms with Crippen LogP contribution in [0.5, 0.6) is 0 Å². The SMILES string of the molecule is CCCN1CCCC(C(C)Nc2cnn(C(C)C)c2)C1. The van der Waals surface area contributed by atoms with Crippen molar-refractivity contribution in [2.45, 2.75) is 59.0 Å². The van der Waals surface area contributed by atoms with Gasteiger partial charge in [0.05, 0.1) is 11.9 Å². The average molecular weight is 278 g/mol. The highest BCUT2D eigenvalue weighted by molar-refractivity contribution is 5.39. The highest BCUT2D eigenvalue weighted by Crippen LogP contribution is 2.22. The van der Waals surface area contributed by atoms with Crippen LogP contribution in [0.2, 0.25) is 0 Å². The molecule has 1 fully saturated rings. The average Bonchev–Trinajstić information content (AvgIpc) is 2.88. The molecule has 1 aliphatic heterocycles. The topological polar surface area (TPSA) is 33.1 Å². The third kappa shape index (κ3) is 3.98. The normalized spacial score (nSPS) is 22.1. The molecular weight excluding hydrogens is 248 g/mol. The molecule has 20 heavy (non-hydrogen) atoms. The van der Waals surface area contributed by atoms with Crippen LogP contribution >= 0.6 is 0 Å². The predicted molar refractivity (Wildman–Crippen MR) is 85.2 cm³/mol. The Morgan fingerprint density at radius 1 is 1.40 bits per heavy atom. The summed E-state index contributed by atoms with van der Waals surface area (Å²) >= 11 is 0. The smallest absolute Gasteiger partial charge is 0.0728 e. The van der Waals surface area contributed by atoms with Crippen molar-refractivity contribution in [3.63, 3.8) is 0 Å². The van der Waals surface area contributed by atoms with E-state index < -0.39 is 0 Å². The van der Waals surface area contributed by atoms with Crippen molar-refractivity contribution in [2.75, 3.05) is 25.0 Å². The van der Waals surface area contributed by atoms with Crippen LogP contribution in [0.4, 0.5) is 5.69 Å². The quantitative estimate of drug-likeness (QED) is 0.866. The molecule has 0 bridgehead atoms. The Balaban J connectivity index is 1.88. The number of rotatable bonds is 6. The van der Waals surface area contributed by atoms with Crippen molar-refractivity contribution in [1.82, 2.24) is 14.7 Å². The molecule has 2 rings (SSSR count). The molecule has 1 aliphatic rings. The number of piperidine rings is 1. The minimum atomic E-state index is 0.426. The molecule has 0 aromatic carbocycles. The maximum absolute atomic E-state index is 4.40. The zero-order chi connectivity index (χ0) is 14.5. The van der Waals surface area contributed by atoms with Crippen LogP contribution in [0.15, 0.2) is 12.4 Å². The van der Waals surface area contributed by atoms with Gasteiger partial charge in [-0.2, -0.15) is 5.10 Å². The summed E-state index contributed by atoms with van der Waals surface area (Å²) in [6.45, 7) is 12.7. The first-order chi connectivity index (χ1) is 9.60. The fraction of sp³-hybridized carbons (Fsp3) is 0.812. The standard InChI is InChI=1S/C16H30N4/c1-5-8-19-9-6-7-15(11-19)14(4)18-16-10-17-20(12-16)13(2)3/h10,12-15,18H,5-9,11H2,1-4H3. The zero-order valence-corrected chi connectivity index (χ0v) is 13.5. The Bertz CT molecular complexity index is 397. The van der Waals surface area contributed by atoms with Crippen LogP contribution < -0.4 is 5.32 Å². The van der Waals surface area contributed by atoms with Gasteiger partial charge >= 0.3 is 0 Å². The van der Waals surface area contributed by atoms with Crippen LogP contribution in [0.3, 0.4) is 0 Å². The molecular formula is C16H30N4. The second-order valence-electron chi connectivity index (χ2n) is 6.44. The van der Waals surface area contributed by atoms with E-state index in [1.807, 2.05) is 10.9 Å². The van der Waals surface area contributed by atoms with Crippen LogP contribution in [0, 0.1) is 5.92 Å². The molecule has 0 radical (unpaired) electrons. The summed E-state index contributed by atoms with van der Waals surface area (Å²) in [5.41, 5.74) is 1.15. The Hall–Kier alpha value is -1.03. The summed E-state index contributed by atoms with van der Waals surface area (Å²) in [4.78, 5) is 2.61. The lowest BCUT2D eigenvalue weighted by atomic mass is 9.91. The van der Waals surface area contributed by atoms with E-state index in [2.05, 4.69) is 49.2 Å². The Morgan fingerprint density at radius 2 is 2.20 bits per heavy atom. The van der Waals surface area contributed by atoms with Crippen LogP contribution in [-0.2, 0) is 0 Å². The van der Waals surface area contributed by atoms with Gasteiger partial charge in [0.15, 0.2) is 0 Å². The van der Waals surface area contributed by atoms with Gasteiger partial charge < -0.3 is 10.2 Å². The largest absolute Gasteiger partial charge is 0.380 e. The van der Waals surface area contributed by atoms with Gasteiger partial charge in [0.2, 0.25) is 0 Å². The van der Waals surface area contributed by atoms with Gasteiger partial charge in [-0.05, 0) is 59.0 Å². The third-order valence-electron chi connectivity index (χ3n) is 4.31. The molecule has 2 heterocycles. The lowest BCUT2D eigenvalue weighted by Crippen LogP contribution is -2.42. The van der Waals surface area contributed by atoms with Gasteiger partial charge in [-0.15, -0.1) is 0 Å². The van der Waals surface area contributed by atoms with Crippen LogP contribution in [0.25, 0.3) is 0 Å². The number of hydrogen-bond acceptors (Lipinski definition) is 3. The Labute approximate surface area is 123 Å². The monoisotopic (exact) mass is 278 g/mol. The van der Waals surface area contributed by atoms with E-state index in [0.29, 0.717) is 12.1 Å². The third-order valence-corrected chi connectivity index (χ3v) is 4.31. The maximum Gasteiger partial charge on any atom is 0.0728 e. The predicted octanol–water partition coefficient (Wildman–Crippen LogP) is 3.39. The Kier molecular flexibility index (Phi) is 5.46. The molecule has 1 saturated heterocycles. The Morgan fingerprint density at radius 3 is 2.85 bits per heavy atom. The first kappa shape index (κ1) is 15.4. The second kappa shape index (κ2) is 7.11. The molecule has 114 valence electrons. The van der Waals surface area contributed by atoms with Crippen molar-refractivity contribution in [3.05, 3.63) is 12.4 Å². The fourth-order valence-corrected chi connectivity index (χ4v) is 3.09. The van der Waals surface area contributed by atoms with Crippen LogP contribution in [-0.4, -0.2) is 40.4 Å². The highest BCUT2D eigenvalue weighted by atomic mass is 15.3. The van der Waals surface area contributed by atoms with Crippen molar-refractivity contribution < 1.29 is 0 Å². The lowest BCUT2D eigenvalue weighted by Gasteiger charge is -2.36. The van der Waals surface area contributed by atoms with E-state index in [4.69, 9.17) is 0 Å². The van der Waals surface area contributed by atoms with Gasteiger partial charge in [-0.25, -0.2) is 0 Å². The summed E-state index contributed by atoms with van der Waals surface area (Å²) in [5, 5.41) is 8.04. The summed E-state index contributed by atoms with van der Waals surface area (Å²) in [6.07, 6.45) is 8.00. The molecule has 4 nitrogen and oxygen atoms in total. The van der Waals surface area contributed by atoms with Crippen molar-refractivity contribution in [3.8, 4) is 0 Å². The molecule has 0 spiro atoms. The molecule has 1 N–H and O–H groups in total. The molecule has 2 atom stereocenters. The lowest BCUT2D eigenvalue weighted by molar-refractivity contribution is 0.165. The van der Waals surface area contributed by atoms with Gasteiger partial charge in [0.25, 0.3) is 0 Å². The number of likely N-dealkylation sites (tertiary alicyclic amines) is 1. The number of nitrogens with zero attached hydrogens (tertiary/aromatic N) is 3. The summed E-state index contributed by atoms with van der Waals surface area (Å²) in [5.74, 6) is 0.748. The number of anilines is 1. The minimum Gasteiger partial charge on any atom is -0.380 e. The summed E-state index contributed by atoms with van der Waals surface area (Å²) in [7, 11) is 0. The number of hydrogen-bond donors (Lipinski definition) is 1. The van der Waals surface area contributed by atoms with Gasteiger partial charge in [-0.1, -0.05) is 6.92 Å². The zero-order valence-electron chi connectivity index (χ0n) is 13.5. The van der Waals surface area contributed by atoms with E-state index in [9.17, 15) is 0 Å². The number of nitrogens with one attached hydrogen (secondary N) is 1. The van der Waals surface area contributed by atoms with E-state index >= 15 is 0 Å². The minimum absolute atomic E-state index is 0.426. The highest BCUT2D eigenvalue weighted by Gasteiger charge is 2.24. The first-order valence-electron chi connectivity index (χ1n) is 8.13. The van der Waals surface area contributed by atoms with Crippen LogP contribution in [0.1, 0.15) is 53.0 Å². The van der Waals surface area contributed by atoms with Gasteiger partial charge in [0.1, 0.15) is 0 Å². The van der Waals surface area contributed by atoms with E-state index in [0.717, 1.165) is 11.6 Å². The van der Waals surface area contributed by atoms with Gasteiger partial charge in [0, 0.05) is 24.8 Å². The molecule has 0 aliphatic carbocycles. The second-order valence-corrected chi connectivity index (χ2v) is 6.44. The van der Waals surface area contributed by atoms with Crippen molar-refractivity contribution in [1.29, 1.82) is 0 Å². The molecule has 1 aromatic rings. The van der Waals surface area contributed by atoms with E-state index in [1.54, 1.807) is 0 Å². The van der Waals surface area contributed by atoms with Crippen molar-refractivity contribution in [2.24, 2.45) is 5.92 Å². The summed E-state index contributed by atoms with van der Waals surface area (Å²) in [6, 6.07) is 0.940. The fourth-order valence-electron chi connectivity index (χ4n) is 3.09. The molecule has 4 heteroatoms. The summed E-state index contributed by atoms with van der Waals surface area (Å²) < 4.78 is 2.01. The molecule has 1 aromatic heterocycles. The van der Waals surface area contributed by atoms with Crippen molar-refractivity contribution >= 4 is 5.69 Å². The maximum atomic E-state index is 4.40. The van der Waals surface area contributed by atoms with E-state index in [-0.39, 0.29) is 0 Å². The molecule has 2 unspecified atom stereocenters.